The first-order valence-corrected chi connectivity index (χ1v) is 13.8. The van der Waals surface area contributed by atoms with Crippen molar-refractivity contribution in [3.05, 3.63) is 47.5 Å². The number of rotatable bonds is 4. The molecule has 4 rings (SSSR count). The normalized spacial score (nSPS) is 16.7. The van der Waals surface area contributed by atoms with Gasteiger partial charge < -0.3 is 29.5 Å². The molecule has 2 aromatic rings. The molecule has 2 heterocycles. The van der Waals surface area contributed by atoms with E-state index in [1.54, 1.807) is 26.0 Å². The Hall–Kier alpha value is -0.960. The summed E-state index contributed by atoms with van der Waals surface area (Å²) >= 11 is 0. The Morgan fingerprint density at radius 1 is 0.657 bits per heavy atom. The molecule has 0 bridgehead atoms. The van der Waals surface area contributed by atoms with Crippen molar-refractivity contribution in [1.29, 1.82) is 0 Å². The zero-order valence-electron chi connectivity index (χ0n) is 20.0. The van der Waals surface area contributed by atoms with Crippen LogP contribution < -0.4 is 20.4 Å². The third kappa shape index (κ3) is 8.54. The standard InChI is InChI=1S/2C11H16N2O3S.Ca/c2*1-9-2-3-10(11(8-9)17(14,15)16)13-6-4-12-5-7-13;/h2*2-3,8,12H,4-7H2,1H3,(H,14,15,16);/q;;+2/p-2. The predicted molar refractivity (Wildman–Crippen MR) is 134 cm³/mol. The molecule has 0 aliphatic carbocycles. The first kappa shape index (κ1) is 30.3. The Morgan fingerprint density at radius 2 is 0.971 bits per heavy atom. The molecule has 2 N–H and O–H groups in total. The van der Waals surface area contributed by atoms with Gasteiger partial charge in [0.15, 0.2) is 0 Å². The summed E-state index contributed by atoms with van der Waals surface area (Å²) in [4.78, 5) is 3.64. The molecule has 13 heteroatoms. The smallest absolute Gasteiger partial charge is 0.744 e. The van der Waals surface area contributed by atoms with Crippen LogP contribution in [0.1, 0.15) is 11.1 Å². The van der Waals surface area contributed by atoms with E-state index < -0.39 is 20.2 Å². The van der Waals surface area contributed by atoms with Crippen LogP contribution in [0, 0.1) is 13.8 Å². The second kappa shape index (κ2) is 13.0. The number of piperazine rings is 2. The van der Waals surface area contributed by atoms with Crippen molar-refractivity contribution in [2.45, 2.75) is 23.6 Å². The molecule has 2 saturated heterocycles. The molecule has 0 radical (unpaired) electrons. The summed E-state index contributed by atoms with van der Waals surface area (Å²) < 4.78 is 67.5. The predicted octanol–water partition coefficient (Wildman–Crippen LogP) is 0.237. The molecule has 0 aromatic heterocycles. The molecule has 0 atom stereocenters. The van der Waals surface area contributed by atoms with Gasteiger partial charge in [-0.2, -0.15) is 0 Å². The van der Waals surface area contributed by atoms with E-state index in [-0.39, 0.29) is 47.5 Å². The molecule has 2 fully saturated rings. The third-order valence-corrected chi connectivity index (χ3v) is 7.42. The van der Waals surface area contributed by atoms with Crippen molar-refractivity contribution < 1.29 is 25.9 Å². The van der Waals surface area contributed by atoms with Crippen LogP contribution in [-0.4, -0.2) is 116 Å². The largest absolute Gasteiger partial charge is 2.00 e. The first-order chi connectivity index (χ1) is 16.0. The molecule has 2 aromatic carbocycles. The minimum atomic E-state index is -4.42. The van der Waals surface area contributed by atoms with Gasteiger partial charge in [0.25, 0.3) is 0 Å². The van der Waals surface area contributed by atoms with Crippen molar-refractivity contribution in [3.63, 3.8) is 0 Å². The summed E-state index contributed by atoms with van der Waals surface area (Å²) in [5.41, 5.74) is 2.59. The maximum atomic E-state index is 11.3. The van der Waals surface area contributed by atoms with Crippen LogP contribution in [0.2, 0.25) is 0 Å². The number of hydrogen-bond donors (Lipinski definition) is 2. The van der Waals surface area contributed by atoms with E-state index in [0.717, 1.165) is 37.3 Å². The Balaban J connectivity index is 0.000000240. The monoisotopic (exact) mass is 550 g/mol. The maximum Gasteiger partial charge on any atom is 2.00 e. The number of nitrogens with zero attached hydrogens (tertiary/aromatic N) is 2. The van der Waals surface area contributed by atoms with Crippen molar-refractivity contribution in [2.24, 2.45) is 0 Å². The summed E-state index contributed by atoms with van der Waals surface area (Å²) in [5, 5.41) is 6.37. The van der Waals surface area contributed by atoms with Crippen molar-refractivity contribution >= 4 is 69.3 Å². The molecule has 0 unspecified atom stereocenters. The van der Waals surface area contributed by atoms with Gasteiger partial charge in [-0.05, 0) is 49.2 Å². The van der Waals surface area contributed by atoms with Crippen molar-refractivity contribution in [3.8, 4) is 0 Å². The van der Waals surface area contributed by atoms with Crippen molar-refractivity contribution in [1.82, 2.24) is 10.6 Å². The van der Waals surface area contributed by atoms with Gasteiger partial charge >= 0.3 is 37.7 Å². The molecule has 0 spiro atoms. The number of anilines is 2. The Labute approximate surface area is 237 Å². The Kier molecular flexibility index (Phi) is 11.3. The zero-order chi connectivity index (χ0) is 24.9. The van der Waals surface area contributed by atoms with E-state index in [0.29, 0.717) is 37.6 Å². The average Bonchev–Trinajstić information content (AvgIpc) is 2.79. The number of hydrogen-bond acceptors (Lipinski definition) is 10. The summed E-state index contributed by atoms with van der Waals surface area (Å²) in [6.07, 6.45) is 0. The van der Waals surface area contributed by atoms with Gasteiger partial charge in [0.2, 0.25) is 0 Å². The van der Waals surface area contributed by atoms with E-state index in [9.17, 15) is 25.9 Å². The maximum absolute atomic E-state index is 11.3. The number of aryl methyl sites for hydroxylation is 2. The molecule has 188 valence electrons. The molecule has 2 aliphatic rings. The average molecular weight is 551 g/mol. The van der Waals surface area contributed by atoms with Crippen LogP contribution in [0.5, 0.6) is 0 Å². The molecule has 0 amide bonds. The van der Waals surface area contributed by atoms with Crippen LogP contribution in [-0.2, 0) is 20.2 Å². The van der Waals surface area contributed by atoms with Crippen molar-refractivity contribution in [2.75, 3.05) is 62.2 Å². The van der Waals surface area contributed by atoms with Gasteiger partial charge in [-0.25, -0.2) is 16.8 Å². The second-order valence-corrected chi connectivity index (χ2v) is 11.0. The van der Waals surface area contributed by atoms with Gasteiger partial charge in [0.05, 0.1) is 21.2 Å². The van der Waals surface area contributed by atoms with Crippen LogP contribution in [0.25, 0.3) is 0 Å². The quantitative estimate of drug-likeness (QED) is 0.401. The summed E-state index contributed by atoms with van der Waals surface area (Å²) in [6.45, 7) is 9.59. The summed E-state index contributed by atoms with van der Waals surface area (Å²) in [6, 6.07) is 9.97. The zero-order valence-corrected chi connectivity index (χ0v) is 23.8. The molecule has 35 heavy (non-hydrogen) atoms. The molecular formula is C22H30CaN4O6S2. The van der Waals surface area contributed by atoms with E-state index in [1.807, 2.05) is 21.9 Å². The molecule has 2 aliphatic heterocycles. The minimum Gasteiger partial charge on any atom is -0.744 e. The molecular weight excluding hydrogens is 520 g/mol. The van der Waals surface area contributed by atoms with Crippen LogP contribution in [0.3, 0.4) is 0 Å². The van der Waals surface area contributed by atoms with E-state index in [1.165, 1.54) is 12.1 Å². The summed E-state index contributed by atoms with van der Waals surface area (Å²) in [5.74, 6) is 0. The SMILES string of the molecule is Cc1ccc(N2CCNCC2)c(S(=O)(=O)[O-])c1.Cc1ccc(N2CCNCC2)c(S(=O)(=O)[O-])c1.[Ca+2]. The van der Waals surface area contributed by atoms with E-state index >= 15 is 0 Å². The Morgan fingerprint density at radius 3 is 1.26 bits per heavy atom. The van der Waals surface area contributed by atoms with Gasteiger partial charge in [0, 0.05) is 52.4 Å². The van der Waals surface area contributed by atoms with Crippen LogP contribution >= 0.6 is 0 Å². The summed E-state index contributed by atoms with van der Waals surface area (Å²) in [7, 11) is -8.83. The first-order valence-electron chi connectivity index (χ1n) is 11.0. The van der Waals surface area contributed by atoms with Crippen LogP contribution in [0.4, 0.5) is 11.4 Å². The van der Waals surface area contributed by atoms with Gasteiger partial charge in [-0.1, -0.05) is 12.1 Å². The van der Waals surface area contributed by atoms with Gasteiger partial charge in [-0.3, -0.25) is 0 Å². The minimum absolute atomic E-state index is 0. The molecule has 0 saturated carbocycles. The third-order valence-electron chi connectivity index (χ3n) is 5.68. The molecule has 10 nitrogen and oxygen atoms in total. The topological polar surface area (TPSA) is 145 Å². The van der Waals surface area contributed by atoms with Gasteiger partial charge in [-0.15, -0.1) is 0 Å². The number of benzene rings is 2. The van der Waals surface area contributed by atoms with E-state index in [4.69, 9.17) is 0 Å². The van der Waals surface area contributed by atoms with Gasteiger partial charge in [0.1, 0.15) is 20.2 Å². The second-order valence-electron chi connectivity index (χ2n) is 8.32. The fourth-order valence-corrected chi connectivity index (χ4v) is 5.54. The number of nitrogens with one attached hydrogen (secondary N) is 2. The fourth-order valence-electron chi connectivity index (χ4n) is 3.98. The Bertz CT molecular complexity index is 1120. The fraction of sp³-hybridized carbons (Fsp3) is 0.455. The van der Waals surface area contributed by atoms with E-state index in [2.05, 4.69) is 10.6 Å². The van der Waals surface area contributed by atoms with Crippen LogP contribution in [0.15, 0.2) is 46.2 Å².